The smallest absolute Gasteiger partial charge is 0.336 e. The molecular weight excluding hydrogens is 354 g/mol. The van der Waals surface area contributed by atoms with Crippen LogP contribution >= 0.6 is 0 Å². The van der Waals surface area contributed by atoms with Crippen LogP contribution in [0.5, 0.6) is 11.5 Å². The molecule has 2 heterocycles. The number of fused-ring (bicyclic) bond motifs is 2. The molecule has 28 heavy (non-hydrogen) atoms. The van der Waals surface area contributed by atoms with Crippen LogP contribution < -0.4 is 20.0 Å². The van der Waals surface area contributed by atoms with E-state index in [1.165, 1.54) is 4.90 Å². The first-order chi connectivity index (χ1) is 13.5. The van der Waals surface area contributed by atoms with E-state index >= 15 is 0 Å². The van der Waals surface area contributed by atoms with Gasteiger partial charge in [0.05, 0.1) is 6.54 Å². The molecule has 0 saturated carbocycles. The molecule has 4 rings (SSSR count). The Bertz CT molecular complexity index is 1060. The van der Waals surface area contributed by atoms with Gasteiger partial charge in [0, 0.05) is 17.0 Å². The number of quaternary nitrogens is 1. The second-order valence-corrected chi connectivity index (χ2v) is 7.46. The zero-order chi connectivity index (χ0) is 19.7. The van der Waals surface area contributed by atoms with E-state index in [1.807, 2.05) is 38.1 Å². The first-order valence-corrected chi connectivity index (χ1v) is 9.80. The van der Waals surface area contributed by atoms with Gasteiger partial charge in [0.1, 0.15) is 25.3 Å². The molecule has 0 bridgehead atoms. The number of hydrogen-bond acceptors (Lipinski definition) is 4. The van der Waals surface area contributed by atoms with Crippen LogP contribution in [0, 0.1) is 13.8 Å². The van der Waals surface area contributed by atoms with Gasteiger partial charge in [0.2, 0.25) is 0 Å². The number of aryl methyl sites for hydroxylation is 2. The largest absolute Gasteiger partial charge is 0.486 e. The van der Waals surface area contributed by atoms with E-state index in [1.54, 1.807) is 6.07 Å². The Kier molecular flexibility index (Phi) is 5.09. The average Bonchev–Trinajstić information content (AvgIpc) is 2.70. The maximum absolute atomic E-state index is 12.1. The van der Waals surface area contributed by atoms with Crippen molar-refractivity contribution in [2.75, 3.05) is 19.7 Å². The van der Waals surface area contributed by atoms with E-state index in [9.17, 15) is 4.79 Å². The SMILES string of the molecule is CC[NH+](Cc1cc(=O)oc2c(C)c(C)ccc12)C[C@H]1COc2ccccc2O1. The molecule has 1 aromatic heterocycles. The molecular formula is C23H26NO4+. The molecule has 0 amide bonds. The summed E-state index contributed by atoms with van der Waals surface area (Å²) in [6.07, 6.45) is -0.0137. The molecule has 1 unspecified atom stereocenters. The summed E-state index contributed by atoms with van der Waals surface area (Å²) < 4.78 is 17.5. The van der Waals surface area contributed by atoms with Gasteiger partial charge in [-0.2, -0.15) is 0 Å². The van der Waals surface area contributed by atoms with Crippen LogP contribution in [-0.4, -0.2) is 25.8 Å². The number of rotatable bonds is 5. The molecule has 1 aliphatic heterocycles. The first kappa shape index (κ1) is 18.6. The second-order valence-electron chi connectivity index (χ2n) is 7.46. The molecule has 0 radical (unpaired) electrons. The Labute approximate surface area is 164 Å². The monoisotopic (exact) mass is 380 g/mol. The highest BCUT2D eigenvalue weighted by Crippen LogP contribution is 2.30. The molecule has 1 aliphatic rings. The number of hydrogen-bond donors (Lipinski definition) is 1. The van der Waals surface area contributed by atoms with Crippen LogP contribution in [0.25, 0.3) is 11.0 Å². The molecule has 0 saturated heterocycles. The summed E-state index contributed by atoms with van der Waals surface area (Å²) in [6.45, 7) is 9.18. The topological polar surface area (TPSA) is 53.1 Å². The Morgan fingerprint density at radius 2 is 1.89 bits per heavy atom. The lowest BCUT2D eigenvalue weighted by Gasteiger charge is -2.29. The molecule has 0 spiro atoms. The van der Waals surface area contributed by atoms with Crippen molar-refractivity contribution in [3.63, 3.8) is 0 Å². The van der Waals surface area contributed by atoms with Crippen molar-refractivity contribution in [2.45, 2.75) is 33.4 Å². The summed E-state index contributed by atoms with van der Waals surface area (Å²) in [4.78, 5) is 13.5. The lowest BCUT2D eigenvalue weighted by atomic mass is 10.0. The van der Waals surface area contributed by atoms with E-state index in [4.69, 9.17) is 13.9 Å². The lowest BCUT2D eigenvalue weighted by Crippen LogP contribution is -3.11. The number of para-hydroxylation sites is 2. The standard InChI is InChI=1S/C23H25NO4/c1-4-24(13-18-14-26-20-7-5-6-8-21(20)27-18)12-17-11-22(25)28-23-16(3)15(2)9-10-19(17)23/h5-11,18H,4,12-14H2,1-3H3/p+1/t18-/m0/s1. The summed E-state index contributed by atoms with van der Waals surface area (Å²) in [6, 6.07) is 13.5. The van der Waals surface area contributed by atoms with Crippen LogP contribution in [0.1, 0.15) is 23.6 Å². The summed E-state index contributed by atoms with van der Waals surface area (Å²) in [5.41, 5.74) is 3.57. The minimum atomic E-state index is -0.294. The average molecular weight is 380 g/mol. The van der Waals surface area contributed by atoms with Crippen molar-refractivity contribution in [3.05, 3.63) is 69.6 Å². The first-order valence-electron chi connectivity index (χ1n) is 9.80. The Morgan fingerprint density at radius 3 is 2.68 bits per heavy atom. The predicted molar refractivity (Wildman–Crippen MR) is 108 cm³/mol. The van der Waals surface area contributed by atoms with Crippen LogP contribution in [0.4, 0.5) is 0 Å². The minimum Gasteiger partial charge on any atom is -0.486 e. The Balaban J connectivity index is 1.56. The highest BCUT2D eigenvalue weighted by atomic mass is 16.6. The minimum absolute atomic E-state index is 0.0137. The van der Waals surface area contributed by atoms with Crippen LogP contribution in [0.2, 0.25) is 0 Å². The van der Waals surface area contributed by atoms with Gasteiger partial charge in [-0.25, -0.2) is 4.79 Å². The molecule has 146 valence electrons. The Hall–Kier alpha value is -2.79. The third kappa shape index (κ3) is 3.62. The predicted octanol–water partition coefficient (Wildman–Crippen LogP) is 2.65. The summed E-state index contributed by atoms with van der Waals surface area (Å²) in [5.74, 6) is 1.60. The molecule has 5 heteroatoms. The normalized spacial score (nSPS) is 16.9. The van der Waals surface area contributed by atoms with E-state index in [-0.39, 0.29) is 11.7 Å². The molecule has 0 fully saturated rings. The zero-order valence-corrected chi connectivity index (χ0v) is 16.6. The second kappa shape index (κ2) is 7.68. The quantitative estimate of drug-likeness (QED) is 0.692. The fourth-order valence-electron chi connectivity index (χ4n) is 3.77. The van der Waals surface area contributed by atoms with Crippen molar-refractivity contribution >= 4 is 11.0 Å². The van der Waals surface area contributed by atoms with Crippen molar-refractivity contribution in [1.82, 2.24) is 0 Å². The van der Waals surface area contributed by atoms with E-state index in [2.05, 4.69) is 19.1 Å². The highest BCUT2D eigenvalue weighted by molar-refractivity contribution is 5.83. The highest BCUT2D eigenvalue weighted by Gasteiger charge is 2.25. The zero-order valence-electron chi connectivity index (χ0n) is 16.6. The van der Waals surface area contributed by atoms with Gasteiger partial charge in [0.25, 0.3) is 0 Å². The molecule has 2 atom stereocenters. The number of likely N-dealkylation sites (N-methyl/N-ethyl adjacent to an activating group) is 1. The van der Waals surface area contributed by atoms with Gasteiger partial charge in [-0.3, -0.25) is 0 Å². The van der Waals surface area contributed by atoms with E-state index in [0.717, 1.165) is 53.2 Å². The molecule has 2 aromatic carbocycles. The van der Waals surface area contributed by atoms with Gasteiger partial charge >= 0.3 is 5.63 Å². The van der Waals surface area contributed by atoms with Crippen LogP contribution in [0.15, 0.2) is 51.7 Å². The molecule has 0 aliphatic carbocycles. The van der Waals surface area contributed by atoms with Gasteiger partial charge in [-0.1, -0.05) is 24.3 Å². The number of benzene rings is 2. The summed E-state index contributed by atoms with van der Waals surface area (Å²) >= 11 is 0. The van der Waals surface area contributed by atoms with Gasteiger partial charge in [-0.15, -0.1) is 0 Å². The summed E-state index contributed by atoms with van der Waals surface area (Å²) in [7, 11) is 0. The van der Waals surface area contributed by atoms with Crippen molar-refractivity contribution in [2.24, 2.45) is 0 Å². The maximum Gasteiger partial charge on any atom is 0.336 e. The van der Waals surface area contributed by atoms with Crippen molar-refractivity contribution in [3.8, 4) is 11.5 Å². The Morgan fingerprint density at radius 1 is 1.11 bits per heavy atom. The van der Waals surface area contributed by atoms with Gasteiger partial charge in [0.15, 0.2) is 17.6 Å². The third-order valence-electron chi connectivity index (χ3n) is 5.54. The van der Waals surface area contributed by atoms with Crippen molar-refractivity contribution in [1.29, 1.82) is 0 Å². The molecule has 3 aromatic rings. The fourth-order valence-corrected chi connectivity index (χ4v) is 3.77. The number of nitrogens with one attached hydrogen (secondary N) is 1. The third-order valence-corrected chi connectivity index (χ3v) is 5.54. The van der Waals surface area contributed by atoms with Gasteiger partial charge < -0.3 is 18.8 Å². The fraction of sp³-hybridized carbons (Fsp3) is 0.348. The van der Waals surface area contributed by atoms with Gasteiger partial charge in [-0.05, 0) is 44.0 Å². The van der Waals surface area contributed by atoms with E-state index in [0.29, 0.717) is 12.2 Å². The summed E-state index contributed by atoms with van der Waals surface area (Å²) in [5, 5.41) is 1.01. The van der Waals surface area contributed by atoms with Crippen LogP contribution in [0.3, 0.4) is 0 Å². The molecule has 5 nitrogen and oxygen atoms in total. The molecule has 1 N–H and O–H groups in total. The van der Waals surface area contributed by atoms with Crippen molar-refractivity contribution < 1.29 is 18.8 Å². The van der Waals surface area contributed by atoms with E-state index < -0.39 is 0 Å². The van der Waals surface area contributed by atoms with Crippen LogP contribution in [-0.2, 0) is 6.54 Å². The maximum atomic E-state index is 12.1. The lowest BCUT2D eigenvalue weighted by molar-refractivity contribution is -0.914. The number of ether oxygens (including phenoxy) is 2.